The Morgan fingerprint density at radius 1 is 0.933 bits per heavy atom. The van der Waals surface area contributed by atoms with Crippen molar-refractivity contribution in [3.05, 3.63) is 101 Å². The Bertz CT molecular complexity index is 1140. The molecule has 0 spiro atoms. The van der Waals surface area contributed by atoms with Gasteiger partial charge in [0.05, 0.1) is 11.0 Å². The number of aromatic nitrogens is 2. The van der Waals surface area contributed by atoms with Crippen molar-refractivity contribution in [3.63, 3.8) is 0 Å². The van der Waals surface area contributed by atoms with Crippen LogP contribution in [-0.2, 0) is 19.4 Å². The minimum atomic E-state index is -0.102. The summed E-state index contributed by atoms with van der Waals surface area (Å²) in [5.41, 5.74) is 4.07. The fraction of sp³-hybridized carbons (Fsp3) is 0.200. The van der Waals surface area contributed by atoms with E-state index < -0.39 is 0 Å². The molecular weight excluding hydrogens is 394 g/mol. The zero-order valence-corrected chi connectivity index (χ0v) is 17.5. The van der Waals surface area contributed by atoms with Crippen molar-refractivity contribution in [2.24, 2.45) is 0 Å². The van der Waals surface area contributed by atoms with E-state index in [0.29, 0.717) is 17.1 Å². The lowest BCUT2D eigenvalue weighted by molar-refractivity contribution is 0.0953. The zero-order chi connectivity index (χ0) is 20.8. The highest BCUT2D eigenvalue weighted by molar-refractivity contribution is 6.30. The molecule has 0 aliphatic rings. The number of nitrogens with zero attached hydrogens (tertiary/aromatic N) is 2. The average molecular weight is 418 g/mol. The maximum absolute atomic E-state index is 12.3. The number of nitrogens with one attached hydrogen (secondary N) is 1. The smallest absolute Gasteiger partial charge is 0.251 e. The minimum absolute atomic E-state index is 0.102. The number of amides is 1. The number of hydrogen-bond donors (Lipinski definition) is 1. The van der Waals surface area contributed by atoms with E-state index in [1.54, 1.807) is 24.3 Å². The van der Waals surface area contributed by atoms with Crippen LogP contribution in [0.1, 0.15) is 28.2 Å². The number of carbonyl (C=O) groups excluding carboxylic acids is 1. The summed E-state index contributed by atoms with van der Waals surface area (Å²) in [4.78, 5) is 17.1. The van der Waals surface area contributed by atoms with E-state index in [0.717, 1.165) is 42.7 Å². The van der Waals surface area contributed by atoms with Gasteiger partial charge in [0.2, 0.25) is 0 Å². The quantitative estimate of drug-likeness (QED) is 0.396. The van der Waals surface area contributed by atoms with E-state index in [9.17, 15) is 4.79 Å². The molecule has 4 aromatic rings. The van der Waals surface area contributed by atoms with Crippen LogP contribution in [0.2, 0.25) is 5.02 Å². The van der Waals surface area contributed by atoms with Crippen molar-refractivity contribution in [2.45, 2.75) is 25.8 Å². The van der Waals surface area contributed by atoms with Crippen molar-refractivity contribution in [3.8, 4) is 0 Å². The van der Waals surface area contributed by atoms with Gasteiger partial charge in [0, 0.05) is 30.1 Å². The number of halogens is 1. The number of hydrogen-bond acceptors (Lipinski definition) is 2. The molecule has 0 fully saturated rings. The maximum Gasteiger partial charge on any atom is 0.251 e. The Balaban J connectivity index is 1.40. The fourth-order valence-electron chi connectivity index (χ4n) is 3.63. The lowest BCUT2D eigenvalue weighted by Crippen LogP contribution is -2.25. The van der Waals surface area contributed by atoms with Crippen molar-refractivity contribution in [1.29, 1.82) is 0 Å². The highest BCUT2D eigenvalue weighted by Crippen LogP contribution is 2.18. The molecule has 152 valence electrons. The monoisotopic (exact) mass is 417 g/mol. The molecule has 3 aromatic carbocycles. The standard InChI is InChI=1S/C25H24ClN3O/c26-21-11-6-10-20(18-21)25(30)27-16-7-14-24-28-22-12-4-5-13-23(22)29(24)17-15-19-8-2-1-3-9-19/h1-6,8-13,18H,7,14-17H2,(H,27,30). The lowest BCUT2D eigenvalue weighted by atomic mass is 10.1. The van der Waals surface area contributed by atoms with Gasteiger partial charge in [-0.2, -0.15) is 0 Å². The summed E-state index contributed by atoms with van der Waals surface area (Å²) < 4.78 is 2.31. The lowest BCUT2D eigenvalue weighted by Gasteiger charge is -2.10. The summed E-state index contributed by atoms with van der Waals surface area (Å²) in [6, 6.07) is 25.7. The second kappa shape index (κ2) is 9.59. The van der Waals surface area contributed by atoms with Crippen LogP contribution in [0.4, 0.5) is 0 Å². The number of para-hydroxylation sites is 2. The number of rotatable bonds is 8. The molecule has 0 aliphatic heterocycles. The first-order valence-corrected chi connectivity index (χ1v) is 10.6. The van der Waals surface area contributed by atoms with Gasteiger partial charge in [0.1, 0.15) is 5.82 Å². The van der Waals surface area contributed by atoms with Crippen molar-refractivity contribution >= 4 is 28.5 Å². The Hall–Kier alpha value is -3.11. The number of aryl methyl sites for hydroxylation is 3. The van der Waals surface area contributed by atoms with Crippen molar-refractivity contribution < 1.29 is 4.79 Å². The number of fused-ring (bicyclic) bond motifs is 1. The van der Waals surface area contributed by atoms with Crippen LogP contribution in [0, 0.1) is 0 Å². The normalized spacial score (nSPS) is 11.0. The summed E-state index contributed by atoms with van der Waals surface area (Å²) in [7, 11) is 0. The van der Waals surface area contributed by atoms with Gasteiger partial charge in [0.15, 0.2) is 0 Å². The maximum atomic E-state index is 12.3. The molecule has 1 aromatic heterocycles. The van der Waals surface area contributed by atoms with Crippen LogP contribution in [0.3, 0.4) is 0 Å². The highest BCUT2D eigenvalue weighted by atomic mass is 35.5. The summed E-state index contributed by atoms with van der Waals surface area (Å²) in [6.45, 7) is 1.47. The molecule has 30 heavy (non-hydrogen) atoms. The summed E-state index contributed by atoms with van der Waals surface area (Å²) >= 11 is 5.97. The minimum Gasteiger partial charge on any atom is -0.352 e. The fourth-order valence-corrected chi connectivity index (χ4v) is 3.82. The van der Waals surface area contributed by atoms with Gasteiger partial charge >= 0.3 is 0 Å². The molecule has 0 unspecified atom stereocenters. The first kappa shape index (κ1) is 20.2. The molecule has 4 nitrogen and oxygen atoms in total. The van der Waals surface area contributed by atoms with Gasteiger partial charge < -0.3 is 9.88 Å². The van der Waals surface area contributed by atoms with Gasteiger partial charge in [-0.1, -0.05) is 60.1 Å². The van der Waals surface area contributed by atoms with Crippen LogP contribution in [-0.4, -0.2) is 22.0 Å². The topological polar surface area (TPSA) is 46.9 Å². The van der Waals surface area contributed by atoms with Gasteiger partial charge in [0.25, 0.3) is 5.91 Å². The van der Waals surface area contributed by atoms with Crippen LogP contribution in [0.25, 0.3) is 11.0 Å². The van der Waals surface area contributed by atoms with E-state index >= 15 is 0 Å². The van der Waals surface area contributed by atoms with Gasteiger partial charge in [-0.25, -0.2) is 4.98 Å². The van der Waals surface area contributed by atoms with E-state index in [2.05, 4.69) is 52.3 Å². The van der Waals surface area contributed by atoms with E-state index in [1.807, 2.05) is 12.1 Å². The third kappa shape index (κ3) is 4.89. The number of carbonyl (C=O) groups is 1. The Morgan fingerprint density at radius 3 is 2.57 bits per heavy atom. The molecule has 0 aliphatic carbocycles. The molecule has 0 saturated carbocycles. The van der Waals surface area contributed by atoms with Crippen molar-refractivity contribution in [2.75, 3.05) is 6.54 Å². The molecule has 1 heterocycles. The van der Waals surface area contributed by atoms with Gasteiger partial charge in [-0.05, 0) is 48.7 Å². The third-order valence-electron chi connectivity index (χ3n) is 5.15. The molecule has 1 N–H and O–H groups in total. The SMILES string of the molecule is O=C(NCCCc1nc2ccccc2n1CCc1ccccc1)c1cccc(Cl)c1. The molecule has 0 atom stereocenters. The van der Waals surface area contributed by atoms with E-state index in [4.69, 9.17) is 16.6 Å². The Morgan fingerprint density at radius 2 is 1.73 bits per heavy atom. The molecule has 0 radical (unpaired) electrons. The first-order valence-electron chi connectivity index (χ1n) is 10.2. The molecule has 5 heteroatoms. The molecule has 4 rings (SSSR count). The first-order chi connectivity index (χ1) is 14.7. The predicted molar refractivity (Wildman–Crippen MR) is 122 cm³/mol. The Kier molecular flexibility index (Phi) is 6.45. The second-order valence-corrected chi connectivity index (χ2v) is 7.71. The van der Waals surface area contributed by atoms with E-state index in [-0.39, 0.29) is 5.91 Å². The zero-order valence-electron chi connectivity index (χ0n) is 16.7. The third-order valence-corrected chi connectivity index (χ3v) is 5.39. The van der Waals surface area contributed by atoms with Crippen LogP contribution in [0.5, 0.6) is 0 Å². The largest absolute Gasteiger partial charge is 0.352 e. The molecule has 0 saturated heterocycles. The number of benzene rings is 3. The molecular formula is C25H24ClN3O. The molecule has 1 amide bonds. The number of imidazole rings is 1. The molecule has 0 bridgehead atoms. The predicted octanol–water partition coefficient (Wildman–Crippen LogP) is 5.30. The Labute approximate surface area is 181 Å². The summed E-state index contributed by atoms with van der Waals surface area (Å²) in [6.07, 6.45) is 2.58. The second-order valence-electron chi connectivity index (χ2n) is 7.27. The average Bonchev–Trinajstić information content (AvgIpc) is 3.13. The van der Waals surface area contributed by atoms with Crippen LogP contribution < -0.4 is 5.32 Å². The van der Waals surface area contributed by atoms with Crippen molar-refractivity contribution in [1.82, 2.24) is 14.9 Å². The van der Waals surface area contributed by atoms with Crippen LogP contribution >= 0.6 is 11.6 Å². The summed E-state index contributed by atoms with van der Waals surface area (Å²) in [5, 5.41) is 3.54. The van der Waals surface area contributed by atoms with Gasteiger partial charge in [-0.15, -0.1) is 0 Å². The highest BCUT2D eigenvalue weighted by Gasteiger charge is 2.11. The van der Waals surface area contributed by atoms with Gasteiger partial charge in [-0.3, -0.25) is 4.79 Å². The van der Waals surface area contributed by atoms with Crippen LogP contribution in [0.15, 0.2) is 78.9 Å². The van der Waals surface area contributed by atoms with E-state index in [1.165, 1.54) is 5.56 Å². The summed E-state index contributed by atoms with van der Waals surface area (Å²) in [5.74, 6) is 0.958.